The maximum Gasteiger partial charge on any atom is 0.125 e. The third-order valence-corrected chi connectivity index (χ3v) is 4.10. The monoisotopic (exact) mass is 251 g/mol. The van der Waals surface area contributed by atoms with Crippen molar-refractivity contribution in [3.05, 3.63) is 38.9 Å². The topological polar surface area (TPSA) is 12.9 Å². The van der Waals surface area contributed by atoms with E-state index < -0.39 is 0 Å². The quantitative estimate of drug-likeness (QED) is 0.716. The van der Waals surface area contributed by atoms with Crippen molar-refractivity contribution in [2.75, 3.05) is 0 Å². The van der Waals surface area contributed by atoms with E-state index in [0.29, 0.717) is 0 Å². The summed E-state index contributed by atoms with van der Waals surface area (Å²) in [7, 11) is 0. The predicted octanol–water partition coefficient (Wildman–Crippen LogP) is 4.70. The highest BCUT2D eigenvalue weighted by molar-refractivity contribution is 7.19. The van der Waals surface area contributed by atoms with E-state index in [-0.39, 0.29) is 0 Å². The average molecular weight is 252 g/mol. The Kier molecular flexibility index (Phi) is 3.04. The summed E-state index contributed by atoms with van der Waals surface area (Å²) in [6.07, 6.45) is 0. The summed E-state index contributed by atoms with van der Waals surface area (Å²) in [5.74, 6) is 0. The molecule has 1 aromatic heterocycles. The van der Waals surface area contributed by atoms with Crippen LogP contribution >= 0.6 is 22.9 Å². The molecule has 0 aliphatic rings. The second-order valence-electron chi connectivity index (χ2n) is 4.15. The Labute approximate surface area is 105 Å². The summed E-state index contributed by atoms with van der Waals surface area (Å²) in [5.41, 5.74) is 5.97. The Morgan fingerprint density at radius 1 is 1.06 bits per heavy atom. The van der Waals surface area contributed by atoms with Gasteiger partial charge in [-0.25, -0.2) is 4.98 Å². The van der Waals surface area contributed by atoms with Crippen LogP contribution in [0.15, 0.2) is 12.1 Å². The Balaban J connectivity index is 2.64. The molecular formula is C13H14ClNS. The number of aromatic nitrogens is 1. The van der Waals surface area contributed by atoms with Crippen molar-refractivity contribution >= 4 is 22.9 Å². The fourth-order valence-electron chi connectivity index (χ4n) is 2.00. The van der Waals surface area contributed by atoms with Gasteiger partial charge in [-0.2, -0.15) is 0 Å². The molecule has 0 aliphatic carbocycles. The molecule has 0 fully saturated rings. The van der Waals surface area contributed by atoms with Crippen molar-refractivity contribution < 1.29 is 0 Å². The van der Waals surface area contributed by atoms with Crippen LogP contribution < -0.4 is 0 Å². The zero-order valence-electron chi connectivity index (χ0n) is 9.89. The summed E-state index contributed by atoms with van der Waals surface area (Å²) in [5, 5.41) is 1.03. The number of hydrogen-bond donors (Lipinski definition) is 0. The van der Waals surface area contributed by atoms with Gasteiger partial charge in [0, 0.05) is 5.56 Å². The minimum absolute atomic E-state index is 0.786. The normalized spacial score (nSPS) is 10.8. The molecule has 3 heteroatoms. The standard InChI is InChI=1S/C13H14ClNS/c1-7-5-8(2)11(9(3)6-7)13-15-10(4)12(14)16-13/h5-6H,1-4H3. The molecule has 0 saturated heterocycles. The number of halogens is 1. The van der Waals surface area contributed by atoms with E-state index >= 15 is 0 Å². The number of rotatable bonds is 1. The number of benzene rings is 1. The summed E-state index contributed by atoms with van der Waals surface area (Å²) >= 11 is 7.63. The minimum atomic E-state index is 0.786. The van der Waals surface area contributed by atoms with Gasteiger partial charge >= 0.3 is 0 Å². The maximum absolute atomic E-state index is 6.07. The second-order valence-corrected chi connectivity index (χ2v) is 5.75. The van der Waals surface area contributed by atoms with Crippen molar-refractivity contribution in [2.45, 2.75) is 27.7 Å². The smallest absolute Gasteiger partial charge is 0.125 e. The third-order valence-electron chi connectivity index (χ3n) is 2.63. The molecule has 0 spiro atoms. The lowest BCUT2D eigenvalue weighted by Gasteiger charge is -2.08. The van der Waals surface area contributed by atoms with Gasteiger partial charge in [-0.05, 0) is 38.8 Å². The SMILES string of the molecule is Cc1cc(C)c(-c2nc(C)c(Cl)s2)c(C)c1. The zero-order valence-corrected chi connectivity index (χ0v) is 11.5. The van der Waals surface area contributed by atoms with Crippen LogP contribution in [0.25, 0.3) is 10.6 Å². The lowest BCUT2D eigenvalue weighted by molar-refractivity contribution is 1.24. The van der Waals surface area contributed by atoms with Gasteiger partial charge in [0.1, 0.15) is 9.34 Å². The molecule has 1 aromatic carbocycles. The lowest BCUT2D eigenvalue weighted by atomic mass is 10.0. The molecule has 1 heterocycles. The first-order chi connectivity index (χ1) is 7.49. The van der Waals surface area contributed by atoms with Crippen LogP contribution in [0.4, 0.5) is 0 Å². The minimum Gasteiger partial charge on any atom is -0.240 e. The average Bonchev–Trinajstić information content (AvgIpc) is 2.44. The van der Waals surface area contributed by atoms with Crippen molar-refractivity contribution in [3.8, 4) is 10.6 Å². The molecule has 0 unspecified atom stereocenters. The number of thiazole rings is 1. The van der Waals surface area contributed by atoms with Crippen molar-refractivity contribution in [1.29, 1.82) is 0 Å². The van der Waals surface area contributed by atoms with E-state index in [1.807, 2.05) is 6.92 Å². The summed E-state index contributed by atoms with van der Waals surface area (Å²) in [6.45, 7) is 8.31. The van der Waals surface area contributed by atoms with Gasteiger partial charge in [0.05, 0.1) is 5.69 Å². The van der Waals surface area contributed by atoms with Gasteiger partial charge < -0.3 is 0 Å². The van der Waals surface area contributed by atoms with Crippen molar-refractivity contribution in [3.63, 3.8) is 0 Å². The van der Waals surface area contributed by atoms with Crippen LogP contribution in [0.5, 0.6) is 0 Å². The molecule has 2 aromatic rings. The number of hydrogen-bond acceptors (Lipinski definition) is 2. The Morgan fingerprint density at radius 2 is 1.62 bits per heavy atom. The molecule has 1 nitrogen and oxygen atoms in total. The van der Waals surface area contributed by atoms with E-state index in [0.717, 1.165) is 15.0 Å². The van der Waals surface area contributed by atoms with E-state index in [1.165, 1.54) is 22.3 Å². The van der Waals surface area contributed by atoms with Gasteiger partial charge in [0.25, 0.3) is 0 Å². The molecule has 0 bridgehead atoms. The van der Waals surface area contributed by atoms with Gasteiger partial charge in [0.15, 0.2) is 0 Å². The molecule has 2 rings (SSSR count). The zero-order chi connectivity index (χ0) is 11.9. The van der Waals surface area contributed by atoms with Crippen molar-refractivity contribution in [1.82, 2.24) is 4.98 Å². The van der Waals surface area contributed by atoms with Gasteiger partial charge in [-0.1, -0.05) is 29.3 Å². The third kappa shape index (κ3) is 2.00. The summed E-state index contributed by atoms with van der Waals surface area (Å²) in [4.78, 5) is 4.52. The summed E-state index contributed by atoms with van der Waals surface area (Å²) < 4.78 is 0.786. The van der Waals surface area contributed by atoms with Crippen LogP contribution in [-0.2, 0) is 0 Å². The van der Waals surface area contributed by atoms with Crippen LogP contribution in [0.1, 0.15) is 22.4 Å². The Hall–Kier alpha value is -0.860. The first-order valence-electron chi connectivity index (χ1n) is 5.20. The van der Waals surface area contributed by atoms with Crippen LogP contribution in [0.3, 0.4) is 0 Å². The molecular weight excluding hydrogens is 238 g/mol. The van der Waals surface area contributed by atoms with Gasteiger partial charge in [-0.15, -0.1) is 11.3 Å². The maximum atomic E-state index is 6.07. The van der Waals surface area contributed by atoms with E-state index in [4.69, 9.17) is 11.6 Å². The molecule has 84 valence electrons. The van der Waals surface area contributed by atoms with E-state index in [2.05, 4.69) is 37.9 Å². The van der Waals surface area contributed by atoms with Gasteiger partial charge in [0.2, 0.25) is 0 Å². The van der Waals surface area contributed by atoms with Crippen LogP contribution in [-0.4, -0.2) is 4.98 Å². The molecule has 0 radical (unpaired) electrons. The fraction of sp³-hybridized carbons (Fsp3) is 0.308. The molecule has 0 aliphatic heterocycles. The second kappa shape index (κ2) is 4.19. The highest BCUT2D eigenvalue weighted by atomic mass is 35.5. The molecule has 0 saturated carbocycles. The van der Waals surface area contributed by atoms with Crippen molar-refractivity contribution in [2.24, 2.45) is 0 Å². The largest absolute Gasteiger partial charge is 0.240 e. The highest BCUT2D eigenvalue weighted by Gasteiger charge is 2.12. The predicted molar refractivity (Wildman–Crippen MR) is 71.5 cm³/mol. The van der Waals surface area contributed by atoms with E-state index in [1.54, 1.807) is 11.3 Å². The molecule has 0 atom stereocenters. The lowest BCUT2D eigenvalue weighted by Crippen LogP contribution is -1.89. The Bertz CT molecular complexity index is 500. The molecule has 0 amide bonds. The first-order valence-corrected chi connectivity index (χ1v) is 6.39. The van der Waals surface area contributed by atoms with Gasteiger partial charge in [-0.3, -0.25) is 0 Å². The molecule has 0 N–H and O–H groups in total. The molecule has 16 heavy (non-hydrogen) atoms. The fourth-order valence-corrected chi connectivity index (χ4v) is 3.23. The number of aryl methyl sites for hydroxylation is 4. The van der Waals surface area contributed by atoms with Crippen LogP contribution in [0, 0.1) is 27.7 Å². The first kappa shape index (κ1) is 11.6. The Morgan fingerprint density at radius 3 is 2.06 bits per heavy atom. The number of nitrogens with zero attached hydrogens (tertiary/aromatic N) is 1. The highest BCUT2D eigenvalue weighted by Crippen LogP contribution is 2.35. The van der Waals surface area contributed by atoms with Crippen LogP contribution in [0.2, 0.25) is 4.34 Å². The van der Waals surface area contributed by atoms with E-state index in [9.17, 15) is 0 Å². The summed E-state index contributed by atoms with van der Waals surface area (Å²) in [6, 6.07) is 4.37.